The molecule has 1 aliphatic heterocycles. The van der Waals surface area contributed by atoms with E-state index in [9.17, 15) is 14.9 Å². The minimum Gasteiger partial charge on any atom is -0.450 e. The Hall–Kier alpha value is -3.41. The number of thiazole rings is 1. The van der Waals surface area contributed by atoms with E-state index in [1.165, 1.54) is 47.0 Å². The molecule has 1 amide bonds. The second-order valence-electron chi connectivity index (χ2n) is 6.92. The number of carbonyl (C=O) groups excluding carboxylic acids is 1. The summed E-state index contributed by atoms with van der Waals surface area (Å²) in [5.74, 6) is 0.301. The molecule has 11 heteroatoms. The first-order chi connectivity index (χ1) is 15.9. The second-order valence-corrected chi connectivity index (χ2v) is 10.2. The highest BCUT2D eigenvalue weighted by Crippen LogP contribution is 2.37. The number of para-hydroxylation sites is 1. The molecule has 33 heavy (non-hydrogen) atoms. The van der Waals surface area contributed by atoms with Crippen LogP contribution in [0.25, 0.3) is 16.3 Å². The lowest BCUT2D eigenvalue weighted by atomic mass is 10.2. The van der Waals surface area contributed by atoms with E-state index < -0.39 is 4.92 Å². The van der Waals surface area contributed by atoms with Gasteiger partial charge >= 0.3 is 0 Å². The molecule has 0 bridgehead atoms. The van der Waals surface area contributed by atoms with Gasteiger partial charge in [-0.2, -0.15) is 0 Å². The number of aryl methyl sites for hydroxylation is 1. The number of carbonyl (C=O) groups is 1. The highest BCUT2D eigenvalue weighted by atomic mass is 32.2. The summed E-state index contributed by atoms with van der Waals surface area (Å²) in [5, 5.41) is 14.9. The molecule has 0 saturated carbocycles. The lowest BCUT2D eigenvalue weighted by Gasteiger charge is -1.99. The molecule has 1 fully saturated rings. The Morgan fingerprint density at radius 2 is 2.06 bits per heavy atom. The zero-order valence-electron chi connectivity index (χ0n) is 17.0. The van der Waals surface area contributed by atoms with Crippen molar-refractivity contribution in [1.29, 1.82) is 0 Å². The van der Waals surface area contributed by atoms with Gasteiger partial charge in [0.15, 0.2) is 14.6 Å². The lowest BCUT2D eigenvalue weighted by Crippen LogP contribution is -2.19. The van der Waals surface area contributed by atoms with Gasteiger partial charge in [-0.15, -0.1) is 11.3 Å². The number of benzene rings is 2. The van der Waals surface area contributed by atoms with Crippen molar-refractivity contribution in [3.63, 3.8) is 0 Å². The molecule has 3 heterocycles. The fourth-order valence-corrected chi connectivity index (χ4v) is 5.83. The van der Waals surface area contributed by atoms with E-state index in [2.05, 4.69) is 15.3 Å². The lowest BCUT2D eigenvalue weighted by molar-refractivity contribution is -0.384. The largest absolute Gasteiger partial charge is 0.450 e. The Morgan fingerprint density at radius 3 is 2.88 bits per heavy atom. The topological polar surface area (TPSA) is 111 Å². The van der Waals surface area contributed by atoms with Crippen LogP contribution in [-0.4, -0.2) is 21.0 Å². The Balaban J connectivity index is 1.31. The molecule has 8 nitrogen and oxygen atoms in total. The number of hydrogen-bond donors (Lipinski definition) is 1. The zero-order chi connectivity index (χ0) is 22.9. The first-order valence-corrected chi connectivity index (χ1v) is 12.1. The number of nitrogens with one attached hydrogen (secondary N) is 1. The highest BCUT2D eigenvalue weighted by molar-refractivity contribution is 8.18. The van der Waals surface area contributed by atoms with Crippen molar-refractivity contribution >= 4 is 73.6 Å². The molecule has 1 saturated heterocycles. The third-order valence-electron chi connectivity index (χ3n) is 4.61. The summed E-state index contributed by atoms with van der Waals surface area (Å²) in [7, 11) is 0. The van der Waals surface area contributed by atoms with E-state index in [4.69, 9.17) is 4.42 Å². The summed E-state index contributed by atoms with van der Waals surface area (Å²) in [6.07, 6.45) is 1.67. The molecule has 164 valence electrons. The molecule has 5 rings (SSSR count). The predicted molar refractivity (Wildman–Crippen MR) is 131 cm³/mol. The summed E-state index contributed by atoms with van der Waals surface area (Å²) in [6, 6.07) is 15.9. The van der Waals surface area contributed by atoms with E-state index in [1.807, 2.05) is 31.2 Å². The molecule has 2 aromatic carbocycles. The molecule has 0 radical (unpaired) electrons. The predicted octanol–water partition coefficient (Wildman–Crippen LogP) is 6.15. The van der Waals surface area contributed by atoms with Crippen molar-refractivity contribution in [2.24, 2.45) is 4.99 Å². The first kappa shape index (κ1) is 21.4. The van der Waals surface area contributed by atoms with E-state index in [0.717, 1.165) is 16.0 Å². The van der Waals surface area contributed by atoms with Crippen molar-refractivity contribution in [2.75, 3.05) is 0 Å². The summed E-state index contributed by atoms with van der Waals surface area (Å²) < 4.78 is 7.28. The normalized spacial score (nSPS) is 16.1. The van der Waals surface area contributed by atoms with Crippen molar-refractivity contribution in [2.45, 2.75) is 16.4 Å². The highest BCUT2D eigenvalue weighted by Gasteiger charge is 2.24. The molecular formula is C22H14N4O4S3. The molecule has 4 aromatic rings. The number of nitro benzene ring substituents is 1. The van der Waals surface area contributed by atoms with Gasteiger partial charge in [0.1, 0.15) is 5.76 Å². The molecule has 0 spiro atoms. The molecule has 1 N–H and O–H groups in total. The van der Waals surface area contributed by atoms with Gasteiger partial charge in [0.2, 0.25) is 0 Å². The maximum Gasteiger partial charge on any atom is 0.270 e. The number of thioether (sulfide) groups is 1. The van der Waals surface area contributed by atoms with Crippen LogP contribution in [0, 0.1) is 17.0 Å². The fraction of sp³-hybridized carbons (Fsp3) is 0.0455. The van der Waals surface area contributed by atoms with Gasteiger partial charge in [-0.25, -0.2) is 9.98 Å². The van der Waals surface area contributed by atoms with Crippen LogP contribution < -0.4 is 5.32 Å². The van der Waals surface area contributed by atoms with Gasteiger partial charge in [0, 0.05) is 18.2 Å². The minimum atomic E-state index is -0.424. The number of nitrogens with zero attached hydrogens (tertiary/aromatic N) is 3. The SMILES string of the molecule is Cc1ccccc1N=C1NC(=O)/C(=C/c2ccc(Sc3nc4ccc([N+](=O)[O-])cc4s3)o2)S1. The second kappa shape index (κ2) is 8.85. The Kier molecular flexibility index (Phi) is 5.75. The van der Waals surface area contributed by atoms with Gasteiger partial charge in [-0.1, -0.05) is 18.2 Å². The van der Waals surface area contributed by atoms with Gasteiger partial charge < -0.3 is 9.73 Å². The maximum absolute atomic E-state index is 12.4. The van der Waals surface area contributed by atoms with Crippen LogP contribution >= 0.6 is 34.9 Å². The van der Waals surface area contributed by atoms with Crippen molar-refractivity contribution in [1.82, 2.24) is 10.3 Å². The fourth-order valence-electron chi connectivity index (χ4n) is 3.01. The number of amidine groups is 1. The molecule has 0 unspecified atom stereocenters. The summed E-state index contributed by atoms with van der Waals surface area (Å²) >= 11 is 3.93. The van der Waals surface area contributed by atoms with Crippen LogP contribution in [0.15, 0.2) is 78.3 Å². The Morgan fingerprint density at radius 1 is 1.21 bits per heavy atom. The van der Waals surface area contributed by atoms with Crippen molar-refractivity contribution in [3.8, 4) is 0 Å². The average molecular weight is 495 g/mol. The molecule has 0 aliphatic carbocycles. The Bertz CT molecular complexity index is 1470. The third-order valence-corrected chi connectivity index (χ3v) is 7.52. The van der Waals surface area contributed by atoms with Crippen LogP contribution in [0.2, 0.25) is 0 Å². The van der Waals surface area contributed by atoms with Gasteiger partial charge in [0.05, 0.1) is 25.7 Å². The quantitative estimate of drug-likeness (QED) is 0.201. The monoisotopic (exact) mass is 494 g/mol. The van der Waals surface area contributed by atoms with Crippen molar-refractivity contribution in [3.05, 3.63) is 80.9 Å². The molecule has 2 aromatic heterocycles. The minimum absolute atomic E-state index is 0.0345. The van der Waals surface area contributed by atoms with Crippen LogP contribution in [0.3, 0.4) is 0 Å². The average Bonchev–Trinajstić information content (AvgIpc) is 3.48. The number of rotatable bonds is 5. The van der Waals surface area contributed by atoms with E-state index >= 15 is 0 Å². The molecule has 0 atom stereocenters. The van der Waals surface area contributed by atoms with Gasteiger partial charge in [0.25, 0.3) is 11.6 Å². The van der Waals surface area contributed by atoms with Crippen LogP contribution in [-0.2, 0) is 4.79 Å². The molecular weight excluding hydrogens is 480 g/mol. The smallest absolute Gasteiger partial charge is 0.270 e. The van der Waals surface area contributed by atoms with E-state index in [1.54, 1.807) is 24.3 Å². The number of nitro groups is 1. The standard InChI is InChI=1S/C22H14N4O4S3/c1-12-4-2-3-5-15(12)23-21-25-20(27)18(31-21)11-14-7-9-19(30-14)33-22-24-16-8-6-13(26(28)29)10-17(16)32-22/h2-11H,1H3,(H,23,25,27)/b18-11-. The van der Waals surface area contributed by atoms with Gasteiger partial charge in [-0.3, -0.25) is 14.9 Å². The van der Waals surface area contributed by atoms with Crippen LogP contribution in [0.4, 0.5) is 11.4 Å². The third kappa shape index (κ3) is 4.70. The van der Waals surface area contributed by atoms with Crippen LogP contribution in [0.5, 0.6) is 0 Å². The number of hydrogen-bond acceptors (Lipinski definition) is 9. The van der Waals surface area contributed by atoms with E-state index in [0.29, 0.717) is 30.8 Å². The number of furan rings is 1. The summed E-state index contributed by atoms with van der Waals surface area (Å²) in [6.45, 7) is 1.96. The van der Waals surface area contributed by atoms with E-state index in [-0.39, 0.29) is 11.6 Å². The zero-order valence-corrected chi connectivity index (χ0v) is 19.4. The number of aliphatic imine (C=N–C) groups is 1. The Labute approximate surface area is 200 Å². The number of fused-ring (bicyclic) bond motifs is 1. The maximum atomic E-state index is 12.4. The van der Waals surface area contributed by atoms with Crippen LogP contribution in [0.1, 0.15) is 11.3 Å². The van der Waals surface area contributed by atoms with Gasteiger partial charge in [-0.05, 0) is 60.3 Å². The summed E-state index contributed by atoms with van der Waals surface area (Å²) in [4.78, 5) is 32.4. The first-order valence-electron chi connectivity index (χ1n) is 9.62. The number of amides is 1. The number of aromatic nitrogens is 1. The molecule has 1 aliphatic rings. The summed E-state index contributed by atoms with van der Waals surface area (Å²) in [5.41, 5.74) is 2.56. The number of non-ortho nitro benzene ring substituents is 1. The van der Waals surface area contributed by atoms with Crippen molar-refractivity contribution < 1.29 is 14.1 Å².